The minimum atomic E-state index is 0.597. The van der Waals surface area contributed by atoms with Crippen molar-refractivity contribution in [2.24, 2.45) is 0 Å². The molecule has 4 heteroatoms. The monoisotopic (exact) mass is 200 g/mol. The molecule has 0 radical (unpaired) electrons. The van der Waals surface area contributed by atoms with Crippen LogP contribution in [-0.4, -0.2) is 9.97 Å². The summed E-state index contributed by atoms with van der Waals surface area (Å²) in [5.74, 6) is 0.597. The van der Waals surface area contributed by atoms with Crippen LogP contribution in [-0.2, 0) is 0 Å². The largest absolute Gasteiger partial charge is 0.399 e. The average Bonchev–Trinajstić information content (AvgIpc) is 2.22. The third-order valence-electron chi connectivity index (χ3n) is 1.96. The van der Waals surface area contributed by atoms with E-state index in [1.807, 2.05) is 37.3 Å². The molecule has 0 atom stereocenters. The van der Waals surface area contributed by atoms with Gasteiger partial charge in [0.05, 0.1) is 0 Å². The number of nitrogen functional groups attached to an aromatic ring is 1. The number of hydrogen-bond acceptors (Lipinski definition) is 4. The Morgan fingerprint density at radius 2 is 1.87 bits per heavy atom. The highest BCUT2D eigenvalue weighted by Gasteiger charge is 1.96. The molecule has 0 aliphatic rings. The smallest absolute Gasteiger partial charge is 0.227 e. The topological polar surface area (TPSA) is 63.8 Å². The molecule has 2 rings (SSSR count). The molecular weight excluding hydrogens is 188 g/mol. The molecule has 0 unspecified atom stereocenters. The molecule has 1 aromatic carbocycles. The van der Waals surface area contributed by atoms with Gasteiger partial charge in [-0.2, -0.15) is 0 Å². The van der Waals surface area contributed by atoms with Gasteiger partial charge in [0.2, 0.25) is 5.95 Å². The number of nitrogens with zero attached hydrogens (tertiary/aromatic N) is 2. The van der Waals surface area contributed by atoms with Gasteiger partial charge in [-0.3, -0.25) is 0 Å². The molecule has 2 aromatic rings. The van der Waals surface area contributed by atoms with E-state index in [0.29, 0.717) is 5.95 Å². The first-order chi connectivity index (χ1) is 7.24. The van der Waals surface area contributed by atoms with Crippen molar-refractivity contribution in [2.75, 3.05) is 11.1 Å². The number of rotatable bonds is 2. The van der Waals surface area contributed by atoms with Crippen molar-refractivity contribution in [2.45, 2.75) is 6.92 Å². The van der Waals surface area contributed by atoms with E-state index in [1.54, 1.807) is 6.20 Å². The maximum atomic E-state index is 5.59. The van der Waals surface area contributed by atoms with Gasteiger partial charge >= 0.3 is 0 Å². The summed E-state index contributed by atoms with van der Waals surface area (Å²) in [7, 11) is 0. The lowest BCUT2D eigenvalue weighted by Gasteiger charge is -2.04. The highest BCUT2D eigenvalue weighted by atomic mass is 15.1. The lowest BCUT2D eigenvalue weighted by atomic mass is 10.3. The van der Waals surface area contributed by atoms with Gasteiger partial charge in [-0.15, -0.1) is 0 Å². The van der Waals surface area contributed by atoms with E-state index < -0.39 is 0 Å². The van der Waals surface area contributed by atoms with Crippen LogP contribution in [0.15, 0.2) is 36.5 Å². The van der Waals surface area contributed by atoms with E-state index in [0.717, 1.165) is 17.1 Å². The molecule has 0 saturated heterocycles. The Balaban J connectivity index is 2.18. The van der Waals surface area contributed by atoms with Gasteiger partial charge in [0.15, 0.2) is 0 Å². The predicted molar refractivity (Wildman–Crippen MR) is 60.9 cm³/mol. The summed E-state index contributed by atoms with van der Waals surface area (Å²) >= 11 is 0. The summed E-state index contributed by atoms with van der Waals surface area (Å²) in [6, 6.07) is 9.30. The minimum Gasteiger partial charge on any atom is -0.399 e. The van der Waals surface area contributed by atoms with Crippen LogP contribution >= 0.6 is 0 Å². The lowest BCUT2D eigenvalue weighted by molar-refractivity contribution is 1.11. The quantitative estimate of drug-likeness (QED) is 0.729. The normalized spacial score (nSPS) is 9.93. The SMILES string of the molecule is Cc1ccnc(Nc2ccc(N)cc2)n1. The first kappa shape index (κ1) is 9.45. The van der Waals surface area contributed by atoms with Gasteiger partial charge in [-0.05, 0) is 37.3 Å². The summed E-state index contributed by atoms with van der Waals surface area (Å²) < 4.78 is 0. The molecule has 0 aliphatic carbocycles. The predicted octanol–water partition coefficient (Wildman–Crippen LogP) is 2.11. The van der Waals surface area contributed by atoms with Gasteiger partial charge in [-0.1, -0.05) is 0 Å². The number of benzene rings is 1. The fraction of sp³-hybridized carbons (Fsp3) is 0.0909. The summed E-state index contributed by atoms with van der Waals surface area (Å²) in [6.07, 6.45) is 1.72. The van der Waals surface area contributed by atoms with Crippen molar-refractivity contribution in [3.05, 3.63) is 42.2 Å². The van der Waals surface area contributed by atoms with Crippen LogP contribution in [0.1, 0.15) is 5.69 Å². The average molecular weight is 200 g/mol. The molecule has 1 aromatic heterocycles. The fourth-order valence-corrected chi connectivity index (χ4v) is 1.20. The van der Waals surface area contributed by atoms with E-state index in [2.05, 4.69) is 15.3 Å². The third-order valence-corrected chi connectivity index (χ3v) is 1.96. The first-order valence-corrected chi connectivity index (χ1v) is 4.66. The minimum absolute atomic E-state index is 0.597. The standard InChI is InChI=1S/C11H12N4/c1-8-6-7-13-11(14-8)15-10-4-2-9(12)3-5-10/h2-7H,12H2,1H3,(H,13,14,15). The van der Waals surface area contributed by atoms with Crippen LogP contribution in [0.2, 0.25) is 0 Å². The van der Waals surface area contributed by atoms with Crippen LogP contribution in [0.5, 0.6) is 0 Å². The van der Waals surface area contributed by atoms with E-state index in [4.69, 9.17) is 5.73 Å². The van der Waals surface area contributed by atoms with Crippen molar-refractivity contribution in [1.82, 2.24) is 9.97 Å². The molecule has 4 nitrogen and oxygen atoms in total. The third kappa shape index (κ3) is 2.43. The Bertz CT molecular complexity index is 450. The number of anilines is 3. The van der Waals surface area contributed by atoms with E-state index >= 15 is 0 Å². The summed E-state index contributed by atoms with van der Waals surface area (Å²) in [6.45, 7) is 1.93. The zero-order valence-electron chi connectivity index (χ0n) is 8.44. The Morgan fingerprint density at radius 1 is 1.13 bits per heavy atom. The molecular formula is C11H12N4. The molecule has 0 fully saturated rings. The molecule has 0 spiro atoms. The number of nitrogens with one attached hydrogen (secondary N) is 1. The Labute approximate surface area is 88.2 Å². The van der Waals surface area contributed by atoms with Crippen LogP contribution in [0, 0.1) is 6.92 Å². The van der Waals surface area contributed by atoms with E-state index in [9.17, 15) is 0 Å². The van der Waals surface area contributed by atoms with Gasteiger partial charge < -0.3 is 11.1 Å². The van der Waals surface area contributed by atoms with Crippen LogP contribution in [0.3, 0.4) is 0 Å². The summed E-state index contributed by atoms with van der Waals surface area (Å²) in [5, 5.41) is 3.09. The van der Waals surface area contributed by atoms with Crippen molar-refractivity contribution < 1.29 is 0 Å². The highest BCUT2D eigenvalue weighted by Crippen LogP contribution is 2.14. The first-order valence-electron chi connectivity index (χ1n) is 4.66. The van der Waals surface area contributed by atoms with Gasteiger partial charge in [0.25, 0.3) is 0 Å². The van der Waals surface area contributed by atoms with Crippen LogP contribution in [0.25, 0.3) is 0 Å². The van der Waals surface area contributed by atoms with Crippen LogP contribution < -0.4 is 11.1 Å². The lowest BCUT2D eigenvalue weighted by Crippen LogP contribution is -1.97. The number of hydrogen-bond donors (Lipinski definition) is 2. The van der Waals surface area contributed by atoms with E-state index in [1.165, 1.54) is 0 Å². The number of aryl methyl sites for hydroxylation is 1. The summed E-state index contributed by atoms with van der Waals surface area (Å²) in [5.41, 5.74) is 8.19. The molecule has 76 valence electrons. The van der Waals surface area contributed by atoms with Crippen molar-refractivity contribution >= 4 is 17.3 Å². The zero-order chi connectivity index (χ0) is 10.7. The van der Waals surface area contributed by atoms with Crippen molar-refractivity contribution in [1.29, 1.82) is 0 Å². The summed E-state index contributed by atoms with van der Waals surface area (Å²) in [4.78, 5) is 8.34. The number of nitrogens with two attached hydrogens (primary N) is 1. The second-order valence-corrected chi connectivity index (χ2v) is 3.27. The van der Waals surface area contributed by atoms with Crippen molar-refractivity contribution in [3.63, 3.8) is 0 Å². The fourth-order valence-electron chi connectivity index (χ4n) is 1.20. The maximum absolute atomic E-state index is 5.59. The second-order valence-electron chi connectivity index (χ2n) is 3.27. The molecule has 0 saturated carbocycles. The Morgan fingerprint density at radius 3 is 2.53 bits per heavy atom. The van der Waals surface area contributed by atoms with E-state index in [-0.39, 0.29) is 0 Å². The van der Waals surface area contributed by atoms with Crippen LogP contribution in [0.4, 0.5) is 17.3 Å². The highest BCUT2D eigenvalue weighted by molar-refractivity contribution is 5.56. The van der Waals surface area contributed by atoms with Gasteiger partial charge in [0.1, 0.15) is 0 Å². The molecule has 15 heavy (non-hydrogen) atoms. The van der Waals surface area contributed by atoms with Crippen molar-refractivity contribution in [3.8, 4) is 0 Å². The zero-order valence-corrected chi connectivity index (χ0v) is 8.44. The Kier molecular flexibility index (Phi) is 2.49. The second kappa shape index (κ2) is 3.96. The molecule has 0 aliphatic heterocycles. The molecule has 0 bridgehead atoms. The number of aromatic nitrogens is 2. The molecule has 1 heterocycles. The molecule has 3 N–H and O–H groups in total. The maximum Gasteiger partial charge on any atom is 0.227 e. The van der Waals surface area contributed by atoms with Gasteiger partial charge in [-0.25, -0.2) is 9.97 Å². The van der Waals surface area contributed by atoms with Gasteiger partial charge in [0, 0.05) is 23.3 Å². The Hall–Kier alpha value is -2.10. The molecule has 0 amide bonds.